The fraction of sp³-hybridized carbons (Fsp3) is 0.250. The lowest BCUT2D eigenvalue weighted by Gasteiger charge is -2.26. The Morgan fingerprint density at radius 2 is 1.72 bits per heavy atom. The van der Waals surface area contributed by atoms with Gasteiger partial charge in [0, 0.05) is 25.2 Å². The smallest absolute Gasteiger partial charge is 0.195 e. The molecule has 0 bridgehead atoms. The Kier molecular flexibility index (Phi) is 3.77. The molecule has 25 heavy (non-hydrogen) atoms. The maximum atomic E-state index is 5.51. The molecule has 3 heterocycles. The molecule has 0 amide bonds. The van der Waals surface area contributed by atoms with Gasteiger partial charge >= 0.3 is 0 Å². The summed E-state index contributed by atoms with van der Waals surface area (Å²) in [6, 6.07) is 19.1. The van der Waals surface area contributed by atoms with Crippen molar-refractivity contribution >= 4 is 26.5 Å². The summed E-state index contributed by atoms with van der Waals surface area (Å²) in [6.07, 6.45) is 0. The molecule has 2 aromatic heterocycles. The molecule has 2 aromatic carbocycles. The van der Waals surface area contributed by atoms with Crippen molar-refractivity contribution < 1.29 is 4.74 Å². The highest BCUT2D eigenvalue weighted by Crippen LogP contribution is 2.33. The molecular weight excluding hydrogens is 330 g/mol. The van der Waals surface area contributed by atoms with E-state index in [-0.39, 0.29) is 0 Å². The second kappa shape index (κ2) is 6.26. The number of thiazole rings is 1. The van der Waals surface area contributed by atoms with Crippen LogP contribution in [0.3, 0.4) is 0 Å². The summed E-state index contributed by atoms with van der Waals surface area (Å²) in [5.74, 6) is 0. The first kappa shape index (κ1) is 15.1. The fourth-order valence-corrected chi connectivity index (χ4v) is 4.56. The molecule has 0 unspecified atom stereocenters. The number of para-hydroxylation sites is 1. The lowest BCUT2D eigenvalue weighted by molar-refractivity contribution is 0.0336. The summed E-state index contributed by atoms with van der Waals surface area (Å²) < 4.78 is 9.14. The van der Waals surface area contributed by atoms with Gasteiger partial charge in [-0.15, -0.1) is 0 Å². The molecule has 4 aromatic rings. The summed E-state index contributed by atoms with van der Waals surface area (Å²) in [7, 11) is 0. The first-order valence-corrected chi connectivity index (χ1v) is 9.46. The maximum Gasteiger partial charge on any atom is 0.195 e. The molecule has 0 saturated carbocycles. The van der Waals surface area contributed by atoms with Crippen LogP contribution in [0.15, 0.2) is 54.6 Å². The number of nitrogens with zero attached hydrogens (tertiary/aromatic N) is 3. The third-order valence-corrected chi connectivity index (χ3v) is 5.80. The van der Waals surface area contributed by atoms with Gasteiger partial charge in [0.1, 0.15) is 0 Å². The fourth-order valence-electron chi connectivity index (χ4n) is 3.52. The van der Waals surface area contributed by atoms with E-state index in [1.54, 1.807) is 11.3 Å². The highest BCUT2D eigenvalue weighted by molar-refractivity contribution is 7.23. The Morgan fingerprint density at radius 1 is 0.960 bits per heavy atom. The van der Waals surface area contributed by atoms with E-state index in [0.29, 0.717) is 0 Å². The molecule has 1 fully saturated rings. The van der Waals surface area contributed by atoms with Crippen molar-refractivity contribution in [2.24, 2.45) is 0 Å². The third kappa shape index (κ3) is 2.65. The van der Waals surface area contributed by atoms with E-state index in [0.717, 1.165) is 43.5 Å². The Labute approximate surface area is 150 Å². The van der Waals surface area contributed by atoms with Crippen LogP contribution in [0, 0.1) is 0 Å². The minimum absolute atomic E-state index is 0.813. The molecule has 5 rings (SSSR count). The number of imidazole rings is 1. The van der Waals surface area contributed by atoms with Gasteiger partial charge < -0.3 is 4.74 Å². The SMILES string of the molecule is c1ccc(-c2nc3sc4ccccc4n3c2CN2CCOCC2)cc1. The molecule has 0 radical (unpaired) electrons. The lowest BCUT2D eigenvalue weighted by atomic mass is 10.1. The molecule has 126 valence electrons. The monoisotopic (exact) mass is 349 g/mol. The van der Waals surface area contributed by atoms with Crippen molar-refractivity contribution in [1.82, 2.24) is 14.3 Å². The van der Waals surface area contributed by atoms with Crippen LogP contribution in [0.1, 0.15) is 5.69 Å². The van der Waals surface area contributed by atoms with Crippen LogP contribution in [-0.2, 0) is 11.3 Å². The Balaban J connectivity index is 1.71. The van der Waals surface area contributed by atoms with Crippen LogP contribution in [0.4, 0.5) is 0 Å². The van der Waals surface area contributed by atoms with Gasteiger partial charge in [-0.05, 0) is 12.1 Å². The number of rotatable bonds is 3. The second-order valence-electron chi connectivity index (χ2n) is 6.35. The molecule has 4 nitrogen and oxygen atoms in total. The quantitative estimate of drug-likeness (QED) is 0.559. The molecule has 0 N–H and O–H groups in total. The van der Waals surface area contributed by atoms with Crippen molar-refractivity contribution in [3.63, 3.8) is 0 Å². The van der Waals surface area contributed by atoms with Gasteiger partial charge in [0.05, 0.1) is 34.8 Å². The summed E-state index contributed by atoms with van der Waals surface area (Å²) in [5, 5.41) is 0. The molecule has 1 saturated heterocycles. The van der Waals surface area contributed by atoms with E-state index < -0.39 is 0 Å². The van der Waals surface area contributed by atoms with Gasteiger partial charge in [-0.1, -0.05) is 53.8 Å². The predicted octanol–water partition coefficient (Wildman–Crippen LogP) is 4.05. The van der Waals surface area contributed by atoms with Gasteiger partial charge in [0.15, 0.2) is 4.96 Å². The summed E-state index contributed by atoms with van der Waals surface area (Å²) in [4.78, 5) is 8.55. The topological polar surface area (TPSA) is 29.8 Å². The Hall–Kier alpha value is -2.21. The van der Waals surface area contributed by atoms with Crippen molar-refractivity contribution in [3.05, 3.63) is 60.3 Å². The average molecular weight is 349 g/mol. The molecular formula is C20H19N3OS. The van der Waals surface area contributed by atoms with E-state index in [4.69, 9.17) is 9.72 Å². The van der Waals surface area contributed by atoms with E-state index >= 15 is 0 Å². The van der Waals surface area contributed by atoms with Gasteiger partial charge in [-0.3, -0.25) is 9.30 Å². The van der Waals surface area contributed by atoms with Crippen LogP contribution < -0.4 is 0 Å². The number of aromatic nitrogens is 2. The zero-order valence-electron chi connectivity index (χ0n) is 13.9. The minimum atomic E-state index is 0.813. The number of ether oxygens (including phenoxy) is 1. The highest BCUT2D eigenvalue weighted by Gasteiger charge is 2.21. The number of hydrogen-bond donors (Lipinski definition) is 0. The average Bonchev–Trinajstić information content (AvgIpc) is 3.20. The van der Waals surface area contributed by atoms with Crippen molar-refractivity contribution in [2.45, 2.75) is 6.54 Å². The summed E-state index contributed by atoms with van der Waals surface area (Å²) in [5.41, 5.74) is 4.82. The standard InChI is InChI=1S/C20H19N3OS/c1-2-6-15(7-3-1)19-17(14-22-10-12-24-13-11-22)23-16-8-4-5-9-18(16)25-20(23)21-19/h1-9H,10-14H2. The van der Waals surface area contributed by atoms with Crippen LogP contribution in [0.2, 0.25) is 0 Å². The number of fused-ring (bicyclic) bond motifs is 3. The zero-order chi connectivity index (χ0) is 16.6. The number of benzene rings is 2. The van der Waals surface area contributed by atoms with E-state index in [1.165, 1.54) is 21.5 Å². The van der Waals surface area contributed by atoms with Gasteiger partial charge in [-0.2, -0.15) is 0 Å². The Bertz CT molecular complexity index is 1020. The van der Waals surface area contributed by atoms with E-state index in [2.05, 4.69) is 63.9 Å². The second-order valence-corrected chi connectivity index (χ2v) is 7.36. The van der Waals surface area contributed by atoms with Crippen molar-refractivity contribution in [1.29, 1.82) is 0 Å². The van der Waals surface area contributed by atoms with E-state index in [1.807, 2.05) is 0 Å². The van der Waals surface area contributed by atoms with Crippen molar-refractivity contribution in [2.75, 3.05) is 26.3 Å². The van der Waals surface area contributed by atoms with Crippen LogP contribution in [-0.4, -0.2) is 40.6 Å². The predicted molar refractivity (Wildman–Crippen MR) is 102 cm³/mol. The van der Waals surface area contributed by atoms with Gasteiger partial charge in [0.25, 0.3) is 0 Å². The van der Waals surface area contributed by atoms with Gasteiger partial charge in [0.2, 0.25) is 0 Å². The third-order valence-electron chi connectivity index (χ3n) is 4.77. The molecule has 0 spiro atoms. The van der Waals surface area contributed by atoms with Crippen LogP contribution in [0.25, 0.3) is 26.4 Å². The molecule has 0 atom stereocenters. The van der Waals surface area contributed by atoms with Crippen LogP contribution >= 0.6 is 11.3 Å². The van der Waals surface area contributed by atoms with Crippen molar-refractivity contribution in [3.8, 4) is 11.3 Å². The minimum Gasteiger partial charge on any atom is -0.379 e. The summed E-state index contributed by atoms with van der Waals surface area (Å²) >= 11 is 1.76. The molecule has 1 aliphatic heterocycles. The molecule has 1 aliphatic rings. The maximum absolute atomic E-state index is 5.51. The largest absolute Gasteiger partial charge is 0.379 e. The first-order chi connectivity index (χ1) is 12.4. The number of hydrogen-bond acceptors (Lipinski definition) is 4. The number of morpholine rings is 1. The molecule has 0 aliphatic carbocycles. The first-order valence-electron chi connectivity index (χ1n) is 8.64. The highest BCUT2D eigenvalue weighted by atomic mass is 32.1. The van der Waals surface area contributed by atoms with E-state index in [9.17, 15) is 0 Å². The normalized spacial score (nSPS) is 16.0. The van der Waals surface area contributed by atoms with Gasteiger partial charge in [-0.25, -0.2) is 4.98 Å². The lowest BCUT2D eigenvalue weighted by Crippen LogP contribution is -2.36. The van der Waals surface area contributed by atoms with Crippen LogP contribution in [0.5, 0.6) is 0 Å². The summed E-state index contributed by atoms with van der Waals surface area (Å²) in [6.45, 7) is 4.47. The molecule has 5 heteroatoms. The Morgan fingerprint density at radius 3 is 2.56 bits per heavy atom. The zero-order valence-corrected chi connectivity index (χ0v) is 14.7.